The van der Waals surface area contributed by atoms with E-state index in [9.17, 15) is 4.79 Å². The lowest BCUT2D eigenvalue weighted by Crippen LogP contribution is -2.34. The number of anilines is 1. The molecule has 134 valence electrons. The van der Waals surface area contributed by atoms with Crippen LogP contribution in [0.5, 0.6) is 0 Å². The SMILES string of the molecule is O=C(Cn1ncc2c(N3CCCCC3)ncnc21)N1CCCCCC1. The Morgan fingerprint density at radius 2 is 1.60 bits per heavy atom. The van der Waals surface area contributed by atoms with Gasteiger partial charge in [-0.15, -0.1) is 0 Å². The van der Waals surface area contributed by atoms with E-state index in [0.717, 1.165) is 55.9 Å². The molecule has 2 aliphatic heterocycles. The average molecular weight is 342 g/mol. The van der Waals surface area contributed by atoms with E-state index in [4.69, 9.17) is 0 Å². The lowest BCUT2D eigenvalue weighted by Gasteiger charge is -2.27. The average Bonchev–Trinajstić information content (AvgIpc) is 2.88. The molecule has 0 N–H and O–H groups in total. The molecule has 0 aromatic carbocycles. The van der Waals surface area contributed by atoms with Gasteiger partial charge in [-0.2, -0.15) is 5.10 Å². The number of hydrogen-bond acceptors (Lipinski definition) is 5. The first-order valence-corrected chi connectivity index (χ1v) is 9.52. The zero-order valence-corrected chi connectivity index (χ0v) is 14.7. The van der Waals surface area contributed by atoms with Gasteiger partial charge in [-0.1, -0.05) is 12.8 Å². The summed E-state index contributed by atoms with van der Waals surface area (Å²) in [5.41, 5.74) is 0.763. The summed E-state index contributed by atoms with van der Waals surface area (Å²) in [6.07, 6.45) is 11.8. The molecule has 2 aromatic rings. The molecule has 0 bridgehead atoms. The monoisotopic (exact) mass is 342 g/mol. The Balaban J connectivity index is 1.55. The summed E-state index contributed by atoms with van der Waals surface area (Å²) in [6.45, 7) is 4.06. The van der Waals surface area contributed by atoms with Crippen molar-refractivity contribution in [3.8, 4) is 0 Å². The molecule has 0 unspecified atom stereocenters. The molecule has 0 aliphatic carbocycles. The first-order valence-electron chi connectivity index (χ1n) is 9.52. The first-order chi connectivity index (χ1) is 12.3. The molecule has 2 aliphatic rings. The number of piperidine rings is 1. The van der Waals surface area contributed by atoms with Crippen molar-refractivity contribution < 1.29 is 4.79 Å². The van der Waals surface area contributed by atoms with Crippen LogP contribution in [0.3, 0.4) is 0 Å². The van der Waals surface area contributed by atoms with E-state index < -0.39 is 0 Å². The van der Waals surface area contributed by atoms with Crippen LogP contribution in [0.15, 0.2) is 12.5 Å². The van der Waals surface area contributed by atoms with Crippen molar-refractivity contribution >= 4 is 22.8 Å². The van der Waals surface area contributed by atoms with Gasteiger partial charge in [0.15, 0.2) is 5.65 Å². The molecule has 7 nitrogen and oxygen atoms in total. The van der Waals surface area contributed by atoms with Gasteiger partial charge < -0.3 is 9.80 Å². The van der Waals surface area contributed by atoms with Crippen molar-refractivity contribution in [1.82, 2.24) is 24.6 Å². The predicted octanol–water partition coefficient (Wildman–Crippen LogP) is 2.22. The topological polar surface area (TPSA) is 67.2 Å². The predicted molar refractivity (Wildman–Crippen MR) is 96.4 cm³/mol. The lowest BCUT2D eigenvalue weighted by molar-refractivity contribution is -0.131. The number of fused-ring (bicyclic) bond motifs is 1. The number of hydrogen-bond donors (Lipinski definition) is 0. The van der Waals surface area contributed by atoms with Crippen molar-refractivity contribution in [3.63, 3.8) is 0 Å². The minimum Gasteiger partial charge on any atom is -0.356 e. The van der Waals surface area contributed by atoms with Gasteiger partial charge in [0.1, 0.15) is 18.7 Å². The Labute approximate surface area is 148 Å². The van der Waals surface area contributed by atoms with E-state index >= 15 is 0 Å². The molecule has 0 saturated carbocycles. The Morgan fingerprint density at radius 1 is 0.920 bits per heavy atom. The van der Waals surface area contributed by atoms with E-state index in [1.54, 1.807) is 11.0 Å². The van der Waals surface area contributed by atoms with Crippen molar-refractivity contribution in [1.29, 1.82) is 0 Å². The second-order valence-electron chi connectivity index (χ2n) is 7.08. The van der Waals surface area contributed by atoms with Crippen LogP contribution < -0.4 is 4.90 Å². The fourth-order valence-corrected chi connectivity index (χ4v) is 3.90. The van der Waals surface area contributed by atoms with Gasteiger partial charge in [0, 0.05) is 26.2 Å². The Kier molecular flexibility index (Phi) is 4.81. The molecule has 25 heavy (non-hydrogen) atoms. The first kappa shape index (κ1) is 16.3. The molecule has 2 fully saturated rings. The maximum absolute atomic E-state index is 12.7. The molecular formula is C18H26N6O. The number of rotatable bonds is 3. The zero-order chi connectivity index (χ0) is 17.1. The van der Waals surface area contributed by atoms with Crippen LogP contribution in [0.25, 0.3) is 11.0 Å². The molecule has 0 spiro atoms. The van der Waals surface area contributed by atoms with Crippen LogP contribution in [0.2, 0.25) is 0 Å². The van der Waals surface area contributed by atoms with Gasteiger partial charge in [0.05, 0.1) is 11.6 Å². The van der Waals surface area contributed by atoms with Crippen LogP contribution in [0, 0.1) is 0 Å². The van der Waals surface area contributed by atoms with Crippen LogP contribution in [0.1, 0.15) is 44.9 Å². The normalized spacial score (nSPS) is 19.2. The van der Waals surface area contributed by atoms with Crippen LogP contribution >= 0.6 is 0 Å². The molecule has 2 aromatic heterocycles. The summed E-state index contributed by atoms with van der Waals surface area (Å²) < 4.78 is 1.73. The van der Waals surface area contributed by atoms with Crippen molar-refractivity contribution in [2.75, 3.05) is 31.1 Å². The van der Waals surface area contributed by atoms with Crippen molar-refractivity contribution in [2.24, 2.45) is 0 Å². The summed E-state index contributed by atoms with van der Waals surface area (Å²) in [6, 6.07) is 0. The summed E-state index contributed by atoms with van der Waals surface area (Å²) >= 11 is 0. The minimum absolute atomic E-state index is 0.144. The molecule has 2 saturated heterocycles. The van der Waals surface area contributed by atoms with E-state index in [1.165, 1.54) is 32.1 Å². The van der Waals surface area contributed by atoms with Crippen molar-refractivity contribution in [2.45, 2.75) is 51.5 Å². The van der Waals surface area contributed by atoms with Crippen LogP contribution in [0.4, 0.5) is 5.82 Å². The summed E-state index contributed by atoms with van der Waals surface area (Å²) in [5.74, 6) is 1.10. The number of aromatic nitrogens is 4. The highest BCUT2D eigenvalue weighted by Crippen LogP contribution is 2.25. The Bertz CT molecular complexity index is 728. The third-order valence-electron chi connectivity index (χ3n) is 5.31. The highest BCUT2D eigenvalue weighted by Gasteiger charge is 2.20. The van der Waals surface area contributed by atoms with Crippen molar-refractivity contribution in [3.05, 3.63) is 12.5 Å². The Morgan fingerprint density at radius 3 is 2.36 bits per heavy atom. The van der Waals surface area contributed by atoms with E-state index in [0.29, 0.717) is 0 Å². The Hall–Kier alpha value is -2.18. The van der Waals surface area contributed by atoms with Crippen LogP contribution in [-0.4, -0.2) is 56.7 Å². The molecule has 0 atom stereocenters. The highest BCUT2D eigenvalue weighted by atomic mass is 16.2. The second-order valence-corrected chi connectivity index (χ2v) is 7.08. The summed E-state index contributed by atoms with van der Waals surface area (Å²) in [5, 5.41) is 5.40. The standard InChI is InChI=1S/C18H26N6O/c25-16(22-8-4-1-2-5-9-22)13-24-18-15(12-21-24)17(19-14-20-18)23-10-6-3-7-11-23/h12,14H,1-11,13H2. The number of likely N-dealkylation sites (tertiary alicyclic amines) is 1. The third-order valence-corrected chi connectivity index (χ3v) is 5.31. The maximum atomic E-state index is 12.7. The molecule has 0 radical (unpaired) electrons. The van der Waals surface area contributed by atoms with Crippen LogP contribution in [-0.2, 0) is 11.3 Å². The van der Waals surface area contributed by atoms with Gasteiger partial charge in [-0.3, -0.25) is 4.79 Å². The van der Waals surface area contributed by atoms with Gasteiger partial charge in [0.25, 0.3) is 0 Å². The summed E-state index contributed by atoms with van der Waals surface area (Å²) in [7, 11) is 0. The highest BCUT2D eigenvalue weighted by molar-refractivity contribution is 5.87. The van der Waals surface area contributed by atoms with E-state index in [-0.39, 0.29) is 12.5 Å². The quantitative estimate of drug-likeness (QED) is 0.855. The maximum Gasteiger partial charge on any atom is 0.244 e. The second kappa shape index (κ2) is 7.37. The van der Waals surface area contributed by atoms with Gasteiger partial charge >= 0.3 is 0 Å². The largest absolute Gasteiger partial charge is 0.356 e. The number of nitrogens with zero attached hydrogens (tertiary/aromatic N) is 6. The molecule has 4 heterocycles. The fourth-order valence-electron chi connectivity index (χ4n) is 3.90. The lowest BCUT2D eigenvalue weighted by atomic mass is 10.1. The summed E-state index contributed by atoms with van der Waals surface area (Å²) in [4.78, 5) is 25.9. The molecule has 4 rings (SSSR count). The smallest absolute Gasteiger partial charge is 0.244 e. The molecule has 7 heteroatoms. The third kappa shape index (κ3) is 3.45. The minimum atomic E-state index is 0.144. The van der Waals surface area contributed by atoms with Gasteiger partial charge in [-0.25, -0.2) is 14.6 Å². The number of carbonyl (C=O) groups is 1. The number of amides is 1. The van der Waals surface area contributed by atoms with Gasteiger partial charge in [-0.05, 0) is 32.1 Å². The van der Waals surface area contributed by atoms with Gasteiger partial charge in [0.2, 0.25) is 5.91 Å². The van der Waals surface area contributed by atoms with E-state index in [1.807, 2.05) is 11.1 Å². The van der Waals surface area contributed by atoms with E-state index in [2.05, 4.69) is 20.0 Å². The fraction of sp³-hybridized carbons (Fsp3) is 0.667. The molecule has 1 amide bonds. The molecular weight excluding hydrogens is 316 g/mol. The number of carbonyl (C=O) groups excluding carboxylic acids is 1. The zero-order valence-electron chi connectivity index (χ0n) is 14.7.